The zero-order valence-corrected chi connectivity index (χ0v) is 23.8. The zero-order chi connectivity index (χ0) is 28.7. The molecule has 0 radical (unpaired) electrons. The van der Waals surface area contributed by atoms with Crippen LogP contribution in [0.2, 0.25) is 0 Å². The quantitative estimate of drug-likeness (QED) is 0.183. The van der Waals surface area contributed by atoms with E-state index in [4.69, 9.17) is 9.47 Å². The first kappa shape index (κ1) is 27.4. The van der Waals surface area contributed by atoms with Crippen molar-refractivity contribution in [3.8, 4) is 16.9 Å². The first-order chi connectivity index (χ1) is 19.2. The molecule has 2 heterocycles. The van der Waals surface area contributed by atoms with E-state index in [1.807, 2.05) is 63.6 Å². The van der Waals surface area contributed by atoms with Crippen LogP contribution in [0.5, 0.6) is 5.75 Å². The molecule has 40 heavy (non-hydrogen) atoms. The summed E-state index contributed by atoms with van der Waals surface area (Å²) in [6.45, 7) is 8.65. The van der Waals surface area contributed by atoms with E-state index in [2.05, 4.69) is 5.10 Å². The summed E-state index contributed by atoms with van der Waals surface area (Å²) < 4.78 is 28.9. The topological polar surface area (TPSA) is 78.5 Å². The predicted octanol–water partition coefficient (Wildman–Crippen LogP) is 6.32. The SMILES string of the molecule is COC(=O)c1c(C)c2c(-c3c(CO)nn(C)c3C)c(C)ccc2n1CCCOc1cc(C)cc2cc(F)ccc12. The van der Waals surface area contributed by atoms with E-state index in [0.717, 1.165) is 55.2 Å². The Bertz CT molecular complexity index is 1760. The van der Waals surface area contributed by atoms with Crippen molar-refractivity contribution >= 4 is 27.6 Å². The van der Waals surface area contributed by atoms with Crippen LogP contribution in [0.4, 0.5) is 4.39 Å². The molecule has 5 rings (SSSR count). The number of halogens is 1. The molecule has 0 fully saturated rings. The molecule has 0 atom stereocenters. The maximum Gasteiger partial charge on any atom is 0.354 e. The van der Waals surface area contributed by atoms with Crippen LogP contribution < -0.4 is 4.74 Å². The summed E-state index contributed by atoms with van der Waals surface area (Å²) in [6, 6.07) is 12.7. The minimum atomic E-state index is -0.407. The van der Waals surface area contributed by atoms with Crippen molar-refractivity contribution in [2.45, 2.75) is 47.3 Å². The van der Waals surface area contributed by atoms with Gasteiger partial charge in [0.1, 0.15) is 17.3 Å². The number of hydrogen-bond donors (Lipinski definition) is 1. The van der Waals surface area contributed by atoms with Crippen molar-refractivity contribution in [1.82, 2.24) is 14.3 Å². The largest absolute Gasteiger partial charge is 0.493 e. The van der Waals surface area contributed by atoms with Gasteiger partial charge in [0.15, 0.2) is 0 Å². The predicted molar refractivity (Wildman–Crippen MR) is 154 cm³/mol. The minimum Gasteiger partial charge on any atom is -0.493 e. The fourth-order valence-corrected chi connectivity index (χ4v) is 5.74. The number of benzene rings is 3. The normalized spacial score (nSPS) is 11.5. The van der Waals surface area contributed by atoms with Crippen molar-refractivity contribution < 1.29 is 23.8 Å². The number of methoxy groups -OCH3 is 1. The Morgan fingerprint density at radius 1 is 1.05 bits per heavy atom. The summed E-state index contributed by atoms with van der Waals surface area (Å²) in [5, 5.41) is 17.2. The minimum absolute atomic E-state index is 0.186. The maximum absolute atomic E-state index is 13.8. The monoisotopic (exact) mass is 543 g/mol. The highest BCUT2D eigenvalue weighted by Gasteiger charge is 2.26. The number of ether oxygens (including phenoxy) is 2. The fraction of sp³-hybridized carbons (Fsp3) is 0.312. The molecule has 0 unspecified atom stereocenters. The lowest BCUT2D eigenvalue weighted by Crippen LogP contribution is -2.13. The molecule has 1 N–H and O–H groups in total. The molecule has 2 aromatic heterocycles. The number of aliphatic hydroxyl groups excluding tert-OH is 1. The third-order valence-corrected chi connectivity index (χ3v) is 7.67. The lowest BCUT2D eigenvalue weighted by Gasteiger charge is -2.14. The molecule has 0 aliphatic heterocycles. The number of aryl methyl sites for hydroxylation is 5. The number of hydrogen-bond acceptors (Lipinski definition) is 5. The van der Waals surface area contributed by atoms with E-state index in [9.17, 15) is 14.3 Å². The summed E-state index contributed by atoms with van der Waals surface area (Å²) in [6.07, 6.45) is 0.626. The van der Waals surface area contributed by atoms with Gasteiger partial charge in [0.2, 0.25) is 0 Å². The van der Waals surface area contributed by atoms with Gasteiger partial charge in [0.25, 0.3) is 0 Å². The van der Waals surface area contributed by atoms with Crippen LogP contribution in [0, 0.1) is 33.5 Å². The number of aliphatic hydroxyl groups is 1. The number of aromatic nitrogens is 3. The molecule has 0 aliphatic rings. The van der Waals surface area contributed by atoms with E-state index in [1.54, 1.807) is 10.7 Å². The number of rotatable bonds is 8. The Balaban J connectivity index is 1.53. The molecule has 0 bridgehead atoms. The van der Waals surface area contributed by atoms with Gasteiger partial charge >= 0.3 is 5.97 Å². The highest BCUT2D eigenvalue weighted by Crippen LogP contribution is 2.40. The van der Waals surface area contributed by atoms with Gasteiger partial charge in [-0.15, -0.1) is 0 Å². The summed E-state index contributed by atoms with van der Waals surface area (Å²) >= 11 is 0. The van der Waals surface area contributed by atoms with Gasteiger partial charge in [0, 0.05) is 41.1 Å². The van der Waals surface area contributed by atoms with Crippen molar-refractivity contribution in [2.24, 2.45) is 7.05 Å². The lowest BCUT2D eigenvalue weighted by molar-refractivity contribution is 0.0587. The molecule has 5 aromatic rings. The third-order valence-electron chi connectivity index (χ3n) is 7.67. The second-order valence-corrected chi connectivity index (χ2v) is 10.3. The summed E-state index contributed by atoms with van der Waals surface area (Å²) in [4.78, 5) is 13.1. The van der Waals surface area contributed by atoms with Crippen molar-refractivity contribution in [3.05, 3.63) is 82.1 Å². The molecule has 0 amide bonds. The van der Waals surface area contributed by atoms with Crippen LogP contribution in [0.15, 0.2) is 42.5 Å². The Kier molecular flexibility index (Phi) is 7.38. The molecule has 7 nitrogen and oxygen atoms in total. The molecule has 0 saturated carbocycles. The average Bonchev–Trinajstić information content (AvgIpc) is 3.37. The van der Waals surface area contributed by atoms with Crippen LogP contribution in [0.3, 0.4) is 0 Å². The van der Waals surface area contributed by atoms with Crippen LogP contribution >= 0.6 is 0 Å². The highest BCUT2D eigenvalue weighted by atomic mass is 19.1. The molecule has 0 aliphatic carbocycles. The first-order valence-electron chi connectivity index (χ1n) is 13.3. The number of nitrogens with zero attached hydrogens (tertiary/aromatic N) is 3. The van der Waals surface area contributed by atoms with Crippen LogP contribution in [0.1, 0.15) is 45.0 Å². The third kappa shape index (κ3) is 4.62. The van der Waals surface area contributed by atoms with Gasteiger partial charge in [-0.25, -0.2) is 9.18 Å². The molecule has 208 valence electrons. The first-order valence-corrected chi connectivity index (χ1v) is 13.3. The van der Waals surface area contributed by atoms with Gasteiger partial charge in [-0.2, -0.15) is 5.10 Å². The van der Waals surface area contributed by atoms with Crippen molar-refractivity contribution in [1.29, 1.82) is 0 Å². The second kappa shape index (κ2) is 10.8. The van der Waals surface area contributed by atoms with E-state index in [1.165, 1.54) is 19.2 Å². The number of carbonyl (C=O) groups is 1. The summed E-state index contributed by atoms with van der Waals surface area (Å²) in [5.41, 5.74) is 7.62. The van der Waals surface area contributed by atoms with Crippen LogP contribution in [-0.2, 0) is 24.9 Å². The summed E-state index contributed by atoms with van der Waals surface area (Å²) in [7, 11) is 3.25. The Morgan fingerprint density at radius 3 is 2.55 bits per heavy atom. The lowest BCUT2D eigenvalue weighted by atomic mass is 9.93. The van der Waals surface area contributed by atoms with Gasteiger partial charge in [-0.3, -0.25) is 4.68 Å². The zero-order valence-electron chi connectivity index (χ0n) is 23.8. The number of esters is 1. The Hall–Kier alpha value is -4.17. The van der Waals surface area contributed by atoms with Gasteiger partial charge < -0.3 is 19.1 Å². The van der Waals surface area contributed by atoms with Gasteiger partial charge in [-0.05, 0) is 92.1 Å². The van der Waals surface area contributed by atoms with Crippen molar-refractivity contribution in [2.75, 3.05) is 13.7 Å². The highest BCUT2D eigenvalue weighted by molar-refractivity contribution is 6.06. The van der Waals surface area contributed by atoms with Gasteiger partial charge in [-0.1, -0.05) is 12.1 Å². The number of fused-ring (bicyclic) bond motifs is 2. The average molecular weight is 544 g/mol. The Morgan fingerprint density at radius 2 is 1.82 bits per heavy atom. The molecular formula is C32H34FN3O4. The van der Waals surface area contributed by atoms with Crippen molar-refractivity contribution in [3.63, 3.8) is 0 Å². The molecule has 0 saturated heterocycles. The molecule has 8 heteroatoms. The summed E-state index contributed by atoms with van der Waals surface area (Å²) in [5.74, 6) is 0.0184. The number of carbonyl (C=O) groups excluding carboxylic acids is 1. The smallest absolute Gasteiger partial charge is 0.354 e. The molecule has 0 spiro atoms. The molecular weight excluding hydrogens is 509 g/mol. The second-order valence-electron chi connectivity index (χ2n) is 10.3. The van der Waals surface area contributed by atoms with Crippen LogP contribution in [-0.4, -0.2) is 39.1 Å². The van der Waals surface area contributed by atoms with E-state index in [0.29, 0.717) is 36.7 Å². The maximum atomic E-state index is 13.8. The van der Waals surface area contributed by atoms with E-state index >= 15 is 0 Å². The molecule has 3 aromatic carbocycles. The van der Waals surface area contributed by atoms with E-state index in [-0.39, 0.29) is 12.4 Å². The van der Waals surface area contributed by atoms with Crippen LogP contribution in [0.25, 0.3) is 32.8 Å². The fourth-order valence-electron chi connectivity index (χ4n) is 5.74. The van der Waals surface area contributed by atoms with E-state index < -0.39 is 5.97 Å². The standard InChI is InChI=1S/C32H34FN3O4/c1-18-14-22-16-23(33)9-10-24(22)27(15-18)40-13-7-12-36-26-11-8-19(2)28(29(26)20(3)31(36)32(38)39-6)30-21(4)35(5)34-25(30)17-37/h8-11,14-16,37H,7,12-13,17H2,1-6H3. The Labute approximate surface area is 232 Å². The van der Waals surface area contributed by atoms with Gasteiger partial charge in [0.05, 0.1) is 26.0 Å².